The van der Waals surface area contributed by atoms with E-state index in [-0.39, 0.29) is 24.0 Å². The Morgan fingerprint density at radius 2 is 1.89 bits per heavy atom. The number of aromatic nitrogens is 3. The molecule has 1 amide bonds. The molecular formula is C25H22F2N4O4. The molecule has 0 aliphatic carbocycles. The molecule has 0 unspecified atom stereocenters. The van der Waals surface area contributed by atoms with E-state index in [0.717, 1.165) is 22.0 Å². The Hall–Kier alpha value is -4.05. The number of aryl methyl sites for hydroxylation is 1. The van der Waals surface area contributed by atoms with Gasteiger partial charge in [-0.25, -0.2) is 4.98 Å². The van der Waals surface area contributed by atoms with Crippen molar-refractivity contribution < 1.29 is 28.2 Å². The maximum absolute atomic E-state index is 13.4. The zero-order valence-corrected chi connectivity index (χ0v) is 19.1. The third kappa shape index (κ3) is 4.06. The van der Waals surface area contributed by atoms with Crippen LogP contribution >= 0.6 is 0 Å². The molecule has 0 atom stereocenters. The van der Waals surface area contributed by atoms with E-state index in [1.165, 1.54) is 12.1 Å². The first-order valence-electron chi connectivity index (χ1n) is 10.8. The number of halogens is 2. The minimum absolute atomic E-state index is 0.0845. The quantitative estimate of drug-likeness (QED) is 0.383. The normalized spacial score (nSPS) is 14.3. The zero-order chi connectivity index (χ0) is 25.0. The molecule has 2 aromatic carbocycles. The van der Waals surface area contributed by atoms with Crippen molar-refractivity contribution in [1.29, 1.82) is 0 Å². The van der Waals surface area contributed by atoms with Gasteiger partial charge in [-0.2, -0.15) is 5.10 Å². The first-order valence-corrected chi connectivity index (χ1v) is 10.8. The number of benzene rings is 2. The molecule has 35 heavy (non-hydrogen) atoms. The number of rotatable bonds is 5. The second kappa shape index (κ2) is 8.02. The summed E-state index contributed by atoms with van der Waals surface area (Å²) in [6.07, 6.45) is -3.73. The van der Waals surface area contributed by atoms with Crippen LogP contribution in [0.5, 0.6) is 11.5 Å². The van der Waals surface area contributed by atoms with Crippen LogP contribution in [-0.4, -0.2) is 32.5 Å². The lowest BCUT2D eigenvalue weighted by Crippen LogP contribution is -2.35. The van der Waals surface area contributed by atoms with Crippen LogP contribution in [-0.2, 0) is 16.8 Å². The van der Waals surface area contributed by atoms with Gasteiger partial charge in [0.1, 0.15) is 5.82 Å². The van der Waals surface area contributed by atoms with Gasteiger partial charge in [-0.1, -0.05) is 18.2 Å². The minimum Gasteiger partial charge on any atom is -0.395 e. The molecule has 0 bridgehead atoms. The molecule has 8 nitrogen and oxygen atoms in total. The number of aromatic amines is 1. The molecule has 0 spiro atoms. The third-order valence-corrected chi connectivity index (χ3v) is 6.09. The first kappa shape index (κ1) is 22.7. The monoisotopic (exact) mass is 480 g/mol. The highest BCUT2D eigenvalue weighted by molar-refractivity contribution is 5.98. The SMILES string of the molecule is Cc1ccc(NC(=O)C(C)(C)c2ccc3c(c2)OC(F)(F)O3)nc1-c1ccc2n[nH]c(CO)c2c1. The lowest BCUT2D eigenvalue weighted by molar-refractivity contribution is -0.286. The molecule has 10 heteroatoms. The van der Waals surface area contributed by atoms with Gasteiger partial charge in [-0.3, -0.25) is 9.89 Å². The number of ether oxygens (including phenoxy) is 2. The second-order valence-electron chi connectivity index (χ2n) is 8.86. The Labute approximate surface area is 198 Å². The van der Waals surface area contributed by atoms with Crippen LogP contribution in [0.4, 0.5) is 14.6 Å². The van der Waals surface area contributed by atoms with Gasteiger partial charge in [0.15, 0.2) is 11.5 Å². The van der Waals surface area contributed by atoms with Crippen LogP contribution < -0.4 is 14.8 Å². The van der Waals surface area contributed by atoms with Gasteiger partial charge in [0.05, 0.1) is 28.9 Å². The molecule has 0 radical (unpaired) electrons. The molecule has 0 saturated heterocycles. The number of aliphatic hydroxyl groups is 1. The van der Waals surface area contributed by atoms with Gasteiger partial charge in [0, 0.05) is 10.9 Å². The predicted molar refractivity (Wildman–Crippen MR) is 124 cm³/mol. The molecule has 0 fully saturated rings. The predicted octanol–water partition coefficient (Wildman–Crippen LogP) is 4.66. The first-order chi connectivity index (χ1) is 16.6. The average molecular weight is 480 g/mol. The highest BCUT2D eigenvalue weighted by Crippen LogP contribution is 2.43. The summed E-state index contributed by atoms with van der Waals surface area (Å²) in [6, 6.07) is 13.4. The van der Waals surface area contributed by atoms with Crippen LogP contribution in [0.25, 0.3) is 22.2 Å². The summed E-state index contributed by atoms with van der Waals surface area (Å²) in [5.41, 5.74) is 3.08. The zero-order valence-electron chi connectivity index (χ0n) is 19.1. The van der Waals surface area contributed by atoms with E-state index in [0.29, 0.717) is 22.8 Å². The highest BCUT2D eigenvalue weighted by Gasteiger charge is 2.44. The van der Waals surface area contributed by atoms with Crippen molar-refractivity contribution in [3.8, 4) is 22.8 Å². The Morgan fingerprint density at radius 3 is 2.66 bits per heavy atom. The van der Waals surface area contributed by atoms with Crippen molar-refractivity contribution in [2.24, 2.45) is 0 Å². The maximum Gasteiger partial charge on any atom is 0.586 e. The van der Waals surface area contributed by atoms with Crippen LogP contribution in [0.15, 0.2) is 48.5 Å². The number of hydrogen-bond donors (Lipinski definition) is 3. The van der Waals surface area contributed by atoms with Crippen molar-refractivity contribution in [3.63, 3.8) is 0 Å². The summed E-state index contributed by atoms with van der Waals surface area (Å²) in [4.78, 5) is 17.9. The molecule has 1 aliphatic rings. The fourth-order valence-electron chi connectivity index (χ4n) is 3.96. The van der Waals surface area contributed by atoms with E-state index in [9.17, 15) is 18.7 Å². The van der Waals surface area contributed by atoms with Gasteiger partial charge in [0.25, 0.3) is 0 Å². The number of carbonyl (C=O) groups excluding carboxylic acids is 1. The lowest BCUT2D eigenvalue weighted by atomic mass is 9.83. The number of hydrogen-bond acceptors (Lipinski definition) is 6. The van der Waals surface area contributed by atoms with E-state index in [4.69, 9.17) is 0 Å². The van der Waals surface area contributed by atoms with Crippen LogP contribution in [0.3, 0.4) is 0 Å². The van der Waals surface area contributed by atoms with Gasteiger partial charge >= 0.3 is 6.29 Å². The van der Waals surface area contributed by atoms with E-state index in [1.54, 1.807) is 26.0 Å². The van der Waals surface area contributed by atoms with Gasteiger partial charge in [-0.15, -0.1) is 8.78 Å². The molecule has 2 aromatic heterocycles. The molecule has 0 saturated carbocycles. The van der Waals surface area contributed by atoms with Crippen molar-refractivity contribution >= 4 is 22.6 Å². The number of alkyl halides is 2. The van der Waals surface area contributed by atoms with Crippen LogP contribution in [0.1, 0.15) is 30.7 Å². The van der Waals surface area contributed by atoms with Crippen molar-refractivity contribution in [2.45, 2.75) is 39.1 Å². The Balaban J connectivity index is 1.42. The third-order valence-electron chi connectivity index (χ3n) is 6.09. The number of anilines is 1. The molecule has 3 N–H and O–H groups in total. The van der Waals surface area contributed by atoms with Gasteiger partial charge in [0.2, 0.25) is 5.91 Å². The summed E-state index contributed by atoms with van der Waals surface area (Å²) in [6.45, 7) is 5.09. The fraction of sp³-hybridized carbons (Fsp3) is 0.240. The summed E-state index contributed by atoms with van der Waals surface area (Å²) >= 11 is 0. The van der Waals surface area contributed by atoms with E-state index < -0.39 is 11.7 Å². The number of H-pyrrole nitrogens is 1. The molecule has 1 aliphatic heterocycles. The summed E-state index contributed by atoms with van der Waals surface area (Å²) < 4.78 is 35.7. The van der Waals surface area contributed by atoms with Crippen molar-refractivity contribution in [2.75, 3.05) is 5.32 Å². The maximum atomic E-state index is 13.4. The number of aliphatic hydroxyl groups excluding tert-OH is 1. The van der Waals surface area contributed by atoms with E-state index >= 15 is 0 Å². The number of nitrogens with one attached hydrogen (secondary N) is 2. The van der Waals surface area contributed by atoms with Gasteiger partial charge in [-0.05, 0) is 62.2 Å². The Kier molecular flexibility index (Phi) is 5.21. The fourth-order valence-corrected chi connectivity index (χ4v) is 3.96. The molecule has 4 aromatic rings. The highest BCUT2D eigenvalue weighted by atomic mass is 19.3. The standard InChI is InChI=1S/C25H22F2N4O4/c1-13-4-9-21(28-22(13)14-5-7-17-16(10-14)18(12-32)31-30-17)29-23(33)24(2,3)15-6-8-19-20(11-15)35-25(26,27)34-19/h4-11,32H,12H2,1-3H3,(H,30,31)(H,28,29,33). The number of nitrogens with zero attached hydrogens (tertiary/aromatic N) is 2. The lowest BCUT2D eigenvalue weighted by Gasteiger charge is -2.24. The summed E-state index contributed by atoms with van der Waals surface area (Å²) in [7, 11) is 0. The Bertz CT molecular complexity index is 1470. The topological polar surface area (TPSA) is 109 Å². The largest absolute Gasteiger partial charge is 0.586 e. The Morgan fingerprint density at radius 1 is 1.11 bits per heavy atom. The number of fused-ring (bicyclic) bond motifs is 2. The van der Waals surface area contributed by atoms with Crippen LogP contribution in [0.2, 0.25) is 0 Å². The molecular weight excluding hydrogens is 458 g/mol. The average Bonchev–Trinajstić information content (AvgIpc) is 3.37. The van der Waals surface area contributed by atoms with E-state index in [2.05, 4.69) is 30.0 Å². The number of carbonyl (C=O) groups is 1. The minimum atomic E-state index is -3.73. The second-order valence-corrected chi connectivity index (χ2v) is 8.86. The van der Waals surface area contributed by atoms with Gasteiger partial charge < -0.3 is 19.9 Å². The van der Waals surface area contributed by atoms with Crippen LogP contribution in [0, 0.1) is 6.92 Å². The summed E-state index contributed by atoms with van der Waals surface area (Å²) in [5, 5.41) is 20.1. The molecule has 5 rings (SSSR count). The number of pyridine rings is 1. The molecule has 3 heterocycles. The van der Waals surface area contributed by atoms with Crippen molar-refractivity contribution in [3.05, 3.63) is 65.4 Å². The molecule has 180 valence electrons. The number of amides is 1. The van der Waals surface area contributed by atoms with E-state index in [1.807, 2.05) is 31.2 Å². The van der Waals surface area contributed by atoms with Crippen molar-refractivity contribution in [1.82, 2.24) is 15.2 Å². The smallest absolute Gasteiger partial charge is 0.395 e. The summed E-state index contributed by atoms with van der Waals surface area (Å²) in [5.74, 6) is -0.247.